The third-order valence-corrected chi connectivity index (χ3v) is 6.12. The molecule has 1 saturated heterocycles. The minimum atomic E-state index is -0.292. The number of carbonyl (C=O) groups is 1. The number of piperidine rings is 1. The van der Waals surface area contributed by atoms with E-state index in [4.69, 9.17) is 11.6 Å². The monoisotopic (exact) mass is 464 g/mol. The predicted octanol–water partition coefficient (Wildman–Crippen LogP) is 4.27. The van der Waals surface area contributed by atoms with Crippen LogP contribution < -0.4 is 10.6 Å². The molecular weight excluding hydrogens is 443 g/mol. The quantitative estimate of drug-likeness (QED) is 0.460. The Kier molecular flexibility index (Phi) is 6.02. The van der Waals surface area contributed by atoms with Crippen molar-refractivity contribution in [1.82, 2.24) is 25.3 Å². The first-order valence-electron chi connectivity index (χ1n) is 10.8. The van der Waals surface area contributed by atoms with Crippen molar-refractivity contribution in [3.05, 3.63) is 71.1 Å². The molecular formula is C24H22ClFN6O. The second-order valence-electron chi connectivity index (χ2n) is 8.16. The average molecular weight is 465 g/mol. The molecule has 2 aromatic heterocycles. The minimum Gasteiger partial charge on any atom is -0.316 e. The first-order valence-corrected chi connectivity index (χ1v) is 11.2. The van der Waals surface area contributed by atoms with Crippen LogP contribution in [-0.2, 0) is 11.3 Å². The van der Waals surface area contributed by atoms with Gasteiger partial charge >= 0.3 is 0 Å². The number of hydrogen-bond acceptors (Lipinski definition) is 5. The molecule has 1 amide bonds. The van der Waals surface area contributed by atoms with Crippen LogP contribution in [0.2, 0.25) is 5.02 Å². The van der Waals surface area contributed by atoms with E-state index in [0.29, 0.717) is 23.9 Å². The van der Waals surface area contributed by atoms with Crippen LogP contribution in [0.3, 0.4) is 0 Å². The van der Waals surface area contributed by atoms with Gasteiger partial charge in [0.2, 0.25) is 5.91 Å². The number of pyridine rings is 1. The summed E-state index contributed by atoms with van der Waals surface area (Å²) in [6.07, 6.45) is 3.38. The minimum absolute atomic E-state index is 0.0456. The predicted molar refractivity (Wildman–Crippen MR) is 125 cm³/mol. The molecule has 5 rings (SSSR count). The fourth-order valence-corrected chi connectivity index (χ4v) is 4.30. The molecule has 1 aliphatic rings. The van der Waals surface area contributed by atoms with E-state index in [0.717, 1.165) is 47.1 Å². The molecule has 7 nitrogen and oxygen atoms in total. The normalized spacial score (nSPS) is 16.1. The van der Waals surface area contributed by atoms with Gasteiger partial charge in [0.05, 0.1) is 23.0 Å². The molecule has 0 unspecified atom stereocenters. The highest BCUT2D eigenvalue weighted by Gasteiger charge is 2.21. The molecule has 2 N–H and O–H groups in total. The number of rotatable bonds is 5. The molecule has 1 atom stereocenters. The van der Waals surface area contributed by atoms with E-state index < -0.39 is 0 Å². The molecule has 2 aromatic carbocycles. The number of halogens is 2. The summed E-state index contributed by atoms with van der Waals surface area (Å²) in [6, 6.07) is 13.9. The van der Waals surface area contributed by atoms with Crippen molar-refractivity contribution in [2.75, 3.05) is 18.4 Å². The topological polar surface area (TPSA) is 84.7 Å². The van der Waals surface area contributed by atoms with Gasteiger partial charge in [0, 0.05) is 18.3 Å². The lowest BCUT2D eigenvalue weighted by Crippen LogP contribution is -2.37. The highest BCUT2D eigenvalue weighted by Crippen LogP contribution is 2.31. The number of aromatic nitrogens is 4. The van der Waals surface area contributed by atoms with Crippen LogP contribution in [0.4, 0.5) is 10.2 Å². The maximum atomic E-state index is 13.6. The number of benzene rings is 2. The smallest absolute Gasteiger partial charge is 0.229 e. The Morgan fingerprint density at radius 3 is 2.97 bits per heavy atom. The van der Waals surface area contributed by atoms with Gasteiger partial charge in [0.15, 0.2) is 0 Å². The van der Waals surface area contributed by atoms with Gasteiger partial charge < -0.3 is 10.6 Å². The summed E-state index contributed by atoms with van der Waals surface area (Å²) in [5.74, 6) is 0.0475. The van der Waals surface area contributed by atoms with E-state index in [1.165, 1.54) is 18.3 Å². The number of hydrogen-bond donors (Lipinski definition) is 2. The zero-order valence-electron chi connectivity index (χ0n) is 17.8. The molecule has 1 fully saturated rings. The van der Waals surface area contributed by atoms with Crippen LogP contribution >= 0.6 is 11.6 Å². The van der Waals surface area contributed by atoms with Crippen molar-refractivity contribution in [3.8, 4) is 11.1 Å². The number of anilines is 1. The Morgan fingerprint density at radius 1 is 1.24 bits per heavy atom. The fourth-order valence-electron chi connectivity index (χ4n) is 4.09. The van der Waals surface area contributed by atoms with Gasteiger partial charge in [-0.15, -0.1) is 5.10 Å². The van der Waals surface area contributed by atoms with Gasteiger partial charge in [0.1, 0.15) is 17.2 Å². The van der Waals surface area contributed by atoms with Crippen molar-refractivity contribution in [2.24, 2.45) is 5.92 Å². The summed E-state index contributed by atoms with van der Waals surface area (Å²) in [5, 5.41) is 15.1. The van der Waals surface area contributed by atoms with E-state index in [2.05, 4.69) is 25.9 Å². The lowest BCUT2D eigenvalue weighted by Gasteiger charge is -2.21. The highest BCUT2D eigenvalue weighted by molar-refractivity contribution is 6.33. The van der Waals surface area contributed by atoms with Gasteiger partial charge in [-0.05, 0) is 60.8 Å². The zero-order chi connectivity index (χ0) is 22.8. The van der Waals surface area contributed by atoms with Crippen molar-refractivity contribution in [1.29, 1.82) is 0 Å². The largest absolute Gasteiger partial charge is 0.316 e. The number of carbonyl (C=O) groups excluding carboxylic acids is 1. The maximum absolute atomic E-state index is 13.6. The van der Waals surface area contributed by atoms with Crippen LogP contribution in [0.15, 0.2) is 54.7 Å². The fraction of sp³-hybridized carbons (Fsp3) is 0.250. The van der Waals surface area contributed by atoms with Crippen LogP contribution in [0.25, 0.3) is 22.2 Å². The molecule has 0 aliphatic carbocycles. The molecule has 168 valence electrons. The number of nitrogens with zero attached hydrogens (tertiary/aromatic N) is 4. The van der Waals surface area contributed by atoms with E-state index in [9.17, 15) is 9.18 Å². The van der Waals surface area contributed by atoms with Crippen molar-refractivity contribution >= 4 is 34.4 Å². The van der Waals surface area contributed by atoms with Gasteiger partial charge in [0.25, 0.3) is 0 Å². The number of nitrogens with one attached hydrogen (secondary N) is 2. The lowest BCUT2D eigenvalue weighted by atomic mass is 9.99. The lowest BCUT2D eigenvalue weighted by molar-refractivity contribution is -0.120. The molecule has 0 bridgehead atoms. The Hall–Kier alpha value is -3.36. The van der Waals surface area contributed by atoms with Crippen LogP contribution in [0, 0.1) is 11.7 Å². The summed E-state index contributed by atoms with van der Waals surface area (Å²) in [7, 11) is 0. The maximum Gasteiger partial charge on any atom is 0.229 e. The van der Waals surface area contributed by atoms with Crippen molar-refractivity contribution in [3.63, 3.8) is 0 Å². The Morgan fingerprint density at radius 2 is 2.15 bits per heavy atom. The molecule has 0 spiro atoms. The summed E-state index contributed by atoms with van der Waals surface area (Å²) in [4.78, 5) is 16.9. The molecule has 4 aromatic rings. The summed E-state index contributed by atoms with van der Waals surface area (Å²) < 4.78 is 15.3. The third-order valence-electron chi connectivity index (χ3n) is 5.82. The van der Waals surface area contributed by atoms with Crippen LogP contribution in [0.1, 0.15) is 18.4 Å². The average Bonchev–Trinajstić information content (AvgIpc) is 3.23. The summed E-state index contributed by atoms with van der Waals surface area (Å²) >= 11 is 6.46. The van der Waals surface area contributed by atoms with Crippen molar-refractivity contribution in [2.45, 2.75) is 19.4 Å². The first-order chi connectivity index (χ1) is 16.1. The van der Waals surface area contributed by atoms with E-state index in [1.807, 2.05) is 24.3 Å². The number of amides is 1. The van der Waals surface area contributed by atoms with E-state index >= 15 is 0 Å². The molecule has 1 aliphatic heterocycles. The summed E-state index contributed by atoms with van der Waals surface area (Å²) in [5.41, 5.74) is 3.88. The van der Waals surface area contributed by atoms with Crippen LogP contribution in [0.5, 0.6) is 0 Å². The molecule has 33 heavy (non-hydrogen) atoms. The molecule has 0 radical (unpaired) electrons. The van der Waals surface area contributed by atoms with Crippen LogP contribution in [-0.4, -0.2) is 39.0 Å². The Labute approximate surface area is 195 Å². The van der Waals surface area contributed by atoms with Crippen molar-refractivity contribution < 1.29 is 9.18 Å². The van der Waals surface area contributed by atoms with Gasteiger partial charge in [-0.25, -0.2) is 14.1 Å². The van der Waals surface area contributed by atoms with E-state index in [-0.39, 0.29) is 17.6 Å². The standard InChI is InChI=1S/C24H22ClFN6O/c25-20-13-28-23(29-24(33)17-4-2-8-27-12-17)11-19(20)16-6-7-21-22(10-16)32(31-30-21)14-15-3-1-5-18(26)9-15/h1,3,5-7,9-11,13,17,27H,2,4,8,12,14H2,(H,28,29,33)/t17-/m1/s1. The van der Waals surface area contributed by atoms with Gasteiger partial charge in [-0.2, -0.15) is 0 Å². The third kappa shape index (κ3) is 4.72. The Balaban J connectivity index is 1.43. The zero-order valence-corrected chi connectivity index (χ0v) is 18.5. The van der Waals surface area contributed by atoms with Gasteiger partial charge in [-0.3, -0.25) is 4.79 Å². The highest BCUT2D eigenvalue weighted by atomic mass is 35.5. The number of fused-ring (bicyclic) bond motifs is 1. The SMILES string of the molecule is O=C(Nc1cc(-c2ccc3nnn(Cc4cccc(F)c4)c3c2)c(Cl)cn1)[C@@H]1CCCNC1. The van der Waals surface area contributed by atoms with E-state index in [1.54, 1.807) is 16.8 Å². The molecule has 3 heterocycles. The Bertz CT molecular complexity index is 1320. The molecule has 9 heteroatoms. The van der Waals surface area contributed by atoms with Gasteiger partial charge in [-0.1, -0.05) is 35.0 Å². The second kappa shape index (κ2) is 9.25. The molecule has 0 saturated carbocycles. The first kappa shape index (κ1) is 21.5. The second-order valence-corrected chi connectivity index (χ2v) is 8.57. The summed E-state index contributed by atoms with van der Waals surface area (Å²) in [6.45, 7) is 2.00.